The smallest absolute Gasteiger partial charge is 0.225 e. The van der Waals surface area contributed by atoms with Crippen LogP contribution < -0.4 is 5.32 Å². The van der Waals surface area contributed by atoms with Gasteiger partial charge in [-0.1, -0.05) is 12.8 Å². The van der Waals surface area contributed by atoms with Gasteiger partial charge >= 0.3 is 0 Å². The second-order valence-corrected chi connectivity index (χ2v) is 4.61. The molecule has 1 saturated carbocycles. The summed E-state index contributed by atoms with van der Waals surface area (Å²) >= 11 is 0. The zero-order valence-corrected chi connectivity index (χ0v) is 10.4. The van der Waals surface area contributed by atoms with Gasteiger partial charge in [0, 0.05) is 25.9 Å². The van der Waals surface area contributed by atoms with Crippen LogP contribution in [0.5, 0.6) is 0 Å². The third-order valence-electron chi connectivity index (χ3n) is 3.20. The first-order valence-corrected chi connectivity index (χ1v) is 5.93. The molecule has 5 heteroatoms. The average molecular weight is 237 g/mol. The maximum absolute atomic E-state index is 12.0. The SMILES string of the molecule is CN(C)C(=O)[C@@H]1CCCC[C@H]1C(=O)NCC#N. The van der Waals surface area contributed by atoms with Crippen molar-refractivity contribution in [2.45, 2.75) is 25.7 Å². The average Bonchev–Trinajstić information content (AvgIpc) is 2.34. The minimum absolute atomic E-state index is 0.0121. The van der Waals surface area contributed by atoms with E-state index in [9.17, 15) is 9.59 Å². The summed E-state index contributed by atoms with van der Waals surface area (Å²) in [5.41, 5.74) is 0. The van der Waals surface area contributed by atoms with Crippen molar-refractivity contribution in [3.05, 3.63) is 0 Å². The molecule has 1 aliphatic carbocycles. The Bertz CT molecular complexity index is 333. The molecule has 0 aromatic heterocycles. The summed E-state index contributed by atoms with van der Waals surface area (Å²) in [6, 6.07) is 1.88. The molecule has 0 aromatic carbocycles. The van der Waals surface area contributed by atoms with E-state index in [1.807, 2.05) is 6.07 Å². The topological polar surface area (TPSA) is 73.2 Å². The van der Waals surface area contributed by atoms with Gasteiger partial charge < -0.3 is 10.2 Å². The van der Waals surface area contributed by atoms with Gasteiger partial charge in [0.25, 0.3) is 0 Å². The van der Waals surface area contributed by atoms with Crippen LogP contribution in [0.3, 0.4) is 0 Å². The van der Waals surface area contributed by atoms with E-state index < -0.39 is 0 Å². The molecule has 1 N–H and O–H groups in total. The summed E-state index contributed by atoms with van der Waals surface area (Å²) < 4.78 is 0. The van der Waals surface area contributed by atoms with Gasteiger partial charge in [-0.2, -0.15) is 5.26 Å². The van der Waals surface area contributed by atoms with E-state index >= 15 is 0 Å². The molecule has 0 saturated heterocycles. The fraction of sp³-hybridized carbons (Fsp3) is 0.750. The molecule has 1 fully saturated rings. The zero-order valence-electron chi connectivity index (χ0n) is 10.4. The summed E-state index contributed by atoms with van der Waals surface area (Å²) in [6.45, 7) is 0.0121. The number of carbonyl (C=O) groups is 2. The third-order valence-corrected chi connectivity index (χ3v) is 3.20. The highest BCUT2D eigenvalue weighted by Crippen LogP contribution is 2.31. The van der Waals surface area contributed by atoms with Crippen LogP contribution in [0.2, 0.25) is 0 Å². The monoisotopic (exact) mass is 237 g/mol. The Hall–Kier alpha value is -1.57. The lowest BCUT2D eigenvalue weighted by Crippen LogP contribution is -2.43. The lowest BCUT2D eigenvalue weighted by Gasteiger charge is -2.31. The van der Waals surface area contributed by atoms with Crippen molar-refractivity contribution < 1.29 is 9.59 Å². The van der Waals surface area contributed by atoms with E-state index in [0.717, 1.165) is 25.7 Å². The Balaban J connectivity index is 2.69. The molecule has 1 aliphatic rings. The van der Waals surface area contributed by atoms with E-state index in [0.29, 0.717) is 0 Å². The number of hydrogen-bond donors (Lipinski definition) is 1. The number of nitrogens with zero attached hydrogens (tertiary/aromatic N) is 2. The molecule has 17 heavy (non-hydrogen) atoms. The quantitative estimate of drug-likeness (QED) is 0.727. The number of rotatable bonds is 3. The molecule has 94 valence electrons. The van der Waals surface area contributed by atoms with E-state index in [1.165, 1.54) is 0 Å². The van der Waals surface area contributed by atoms with Crippen molar-refractivity contribution >= 4 is 11.8 Å². The molecule has 0 spiro atoms. The maximum atomic E-state index is 12.0. The predicted octanol–water partition coefficient (Wildman–Crippen LogP) is 0.521. The van der Waals surface area contributed by atoms with Crippen LogP contribution >= 0.6 is 0 Å². The zero-order chi connectivity index (χ0) is 12.8. The van der Waals surface area contributed by atoms with Crippen molar-refractivity contribution in [2.75, 3.05) is 20.6 Å². The molecule has 0 aromatic rings. The Kier molecular flexibility index (Phi) is 4.95. The maximum Gasteiger partial charge on any atom is 0.225 e. The van der Waals surface area contributed by atoms with Gasteiger partial charge in [0.1, 0.15) is 6.54 Å². The highest BCUT2D eigenvalue weighted by atomic mass is 16.2. The number of hydrogen-bond acceptors (Lipinski definition) is 3. The van der Waals surface area contributed by atoms with Crippen molar-refractivity contribution in [1.82, 2.24) is 10.2 Å². The summed E-state index contributed by atoms with van der Waals surface area (Å²) in [4.78, 5) is 25.4. The molecule has 0 heterocycles. The van der Waals surface area contributed by atoms with E-state index in [-0.39, 0.29) is 30.2 Å². The first-order valence-electron chi connectivity index (χ1n) is 5.93. The highest BCUT2D eigenvalue weighted by molar-refractivity contribution is 5.87. The summed E-state index contributed by atoms with van der Waals surface area (Å²) in [5, 5.41) is 11.0. The van der Waals surface area contributed by atoms with Gasteiger partial charge in [0.2, 0.25) is 11.8 Å². The molecule has 2 amide bonds. The standard InChI is InChI=1S/C12H19N3O2/c1-15(2)12(17)10-6-4-3-5-9(10)11(16)14-8-7-13/h9-10H,3-6,8H2,1-2H3,(H,14,16)/t9-,10-/m1/s1. The second kappa shape index (κ2) is 6.24. The van der Waals surface area contributed by atoms with Gasteiger partial charge in [-0.05, 0) is 12.8 Å². The third kappa shape index (κ3) is 3.45. The Morgan fingerprint density at radius 1 is 1.29 bits per heavy atom. The van der Waals surface area contributed by atoms with Gasteiger partial charge in [-0.3, -0.25) is 9.59 Å². The van der Waals surface area contributed by atoms with Crippen LogP contribution in [0.1, 0.15) is 25.7 Å². The molecule has 0 bridgehead atoms. The summed E-state index contributed by atoms with van der Waals surface area (Å²) in [7, 11) is 3.42. The molecule has 2 atom stereocenters. The largest absolute Gasteiger partial charge is 0.349 e. The fourth-order valence-corrected chi connectivity index (χ4v) is 2.33. The molecule has 0 aliphatic heterocycles. The van der Waals surface area contributed by atoms with Gasteiger partial charge in [0.15, 0.2) is 0 Å². The summed E-state index contributed by atoms with van der Waals surface area (Å²) in [6.07, 6.45) is 3.47. The molecule has 0 unspecified atom stereocenters. The summed E-state index contributed by atoms with van der Waals surface area (Å²) in [5.74, 6) is -0.641. The number of carbonyl (C=O) groups excluding carboxylic acids is 2. The van der Waals surface area contributed by atoms with Crippen LogP contribution in [-0.4, -0.2) is 37.4 Å². The minimum atomic E-state index is -0.271. The Morgan fingerprint density at radius 3 is 2.41 bits per heavy atom. The molecular formula is C12H19N3O2. The molecule has 1 rings (SSSR count). The van der Waals surface area contributed by atoms with Crippen LogP contribution in [0, 0.1) is 23.2 Å². The fourth-order valence-electron chi connectivity index (χ4n) is 2.33. The predicted molar refractivity (Wildman–Crippen MR) is 62.8 cm³/mol. The number of amides is 2. The van der Waals surface area contributed by atoms with Gasteiger partial charge in [0.05, 0.1) is 6.07 Å². The van der Waals surface area contributed by atoms with E-state index in [1.54, 1.807) is 19.0 Å². The van der Waals surface area contributed by atoms with Crippen LogP contribution in [-0.2, 0) is 9.59 Å². The first kappa shape index (κ1) is 13.5. The Labute approximate surface area is 102 Å². The molecule has 0 radical (unpaired) electrons. The van der Waals surface area contributed by atoms with E-state index in [4.69, 9.17) is 5.26 Å². The van der Waals surface area contributed by atoms with Gasteiger partial charge in [-0.15, -0.1) is 0 Å². The van der Waals surface area contributed by atoms with Crippen LogP contribution in [0.15, 0.2) is 0 Å². The van der Waals surface area contributed by atoms with Crippen LogP contribution in [0.25, 0.3) is 0 Å². The number of nitrogens with one attached hydrogen (secondary N) is 1. The highest BCUT2D eigenvalue weighted by Gasteiger charge is 2.36. The second-order valence-electron chi connectivity index (χ2n) is 4.61. The van der Waals surface area contributed by atoms with E-state index in [2.05, 4.69) is 5.32 Å². The first-order chi connectivity index (χ1) is 8.07. The lowest BCUT2D eigenvalue weighted by atomic mass is 9.78. The van der Waals surface area contributed by atoms with Crippen LogP contribution in [0.4, 0.5) is 0 Å². The minimum Gasteiger partial charge on any atom is -0.349 e. The normalized spacial score (nSPS) is 23.6. The van der Waals surface area contributed by atoms with Crippen molar-refractivity contribution in [3.8, 4) is 6.07 Å². The van der Waals surface area contributed by atoms with Crippen molar-refractivity contribution in [1.29, 1.82) is 5.26 Å². The number of nitriles is 1. The molecular weight excluding hydrogens is 218 g/mol. The van der Waals surface area contributed by atoms with Crippen molar-refractivity contribution in [3.63, 3.8) is 0 Å². The lowest BCUT2D eigenvalue weighted by molar-refractivity contribution is -0.141. The molecule has 5 nitrogen and oxygen atoms in total. The van der Waals surface area contributed by atoms with Gasteiger partial charge in [-0.25, -0.2) is 0 Å². The van der Waals surface area contributed by atoms with Crippen molar-refractivity contribution in [2.24, 2.45) is 11.8 Å². The Morgan fingerprint density at radius 2 is 1.88 bits per heavy atom.